The van der Waals surface area contributed by atoms with Crippen molar-refractivity contribution in [3.05, 3.63) is 39.9 Å². The fourth-order valence-corrected chi connectivity index (χ4v) is 3.33. The van der Waals surface area contributed by atoms with Gasteiger partial charge in [-0.3, -0.25) is 4.79 Å². The molecule has 0 bridgehead atoms. The molecule has 2 aliphatic heterocycles. The van der Waals surface area contributed by atoms with Crippen molar-refractivity contribution in [2.24, 2.45) is 0 Å². The van der Waals surface area contributed by atoms with Crippen LogP contribution in [0.3, 0.4) is 0 Å². The van der Waals surface area contributed by atoms with E-state index in [2.05, 4.69) is 15.5 Å². The number of amides is 1. The van der Waals surface area contributed by atoms with Crippen molar-refractivity contribution < 1.29 is 9.53 Å². The number of nitrogens with zero attached hydrogens (tertiary/aromatic N) is 2. The van der Waals surface area contributed by atoms with Crippen LogP contribution in [0.4, 0.5) is 10.5 Å². The zero-order valence-electron chi connectivity index (χ0n) is 14.5. The Balaban J connectivity index is 1.72. The van der Waals surface area contributed by atoms with Crippen LogP contribution < -0.4 is 10.9 Å². The number of aromatic amines is 1. The summed E-state index contributed by atoms with van der Waals surface area (Å²) in [4.78, 5) is 26.1. The van der Waals surface area contributed by atoms with Gasteiger partial charge in [-0.1, -0.05) is 6.07 Å². The standard InChI is InChI=1S/C18H20N4O3/c1-18(2,3)25-17(24)22-8-7-10-13(9-22)19-12-6-4-5-11-14(12)15(10)20-21-16(11)23/h4-6,19H,7-9H2,1-3H3,(H,21,23). The molecular formula is C18H20N4O3. The molecule has 0 fully saturated rings. The minimum absolute atomic E-state index is 0.197. The van der Waals surface area contributed by atoms with Gasteiger partial charge >= 0.3 is 6.09 Å². The smallest absolute Gasteiger partial charge is 0.410 e. The van der Waals surface area contributed by atoms with Gasteiger partial charge in [0.2, 0.25) is 0 Å². The lowest BCUT2D eigenvalue weighted by molar-refractivity contribution is 0.0265. The first-order valence-electron chi connectivity index (χ1n) is 8.32. The number of carbonyl (C=O) groups excluding carboxylic acids is 1. The second-order valence-corrected chi connectivity index (χ2v) is 7.36. The van der Waals surface area contributed by atoms with Crippen molar-refractivity contribution in [1.82, 2.24) is 15.1 Å². The van der Waals surface area contributed by atoms with Gasteiger partial charge in [0.15, 0.2) is 0 Å². The first-order chi connectivity index (χ1) is 11.8. The number of nitrogens with one attached hydrogen (secondary N) is 2. The Morgan fingerprint density at radius 3 is 2.88 bits per heavy atom. The van der Waals surface area contributed by atoms with Crippen molar-refractivity contribution in [3.8, 4) is 0 Å². The Morgan fingerprint density at radius 1 is 1.32 bits per heavy atom. The maximum absolute atomic E-state index is 12.4. The van der Waals surface area contributed by atoms with Crippen LogP contribution >= 0.6 is 0 Å². The molecule has 25 heavy (non-hydrogen) atoms. The highest BCUT2D eigenvalue weighted by molar-refractivity contribution is 6.04. The first kappa shape index (κ1) is 15.7. The number of ether oxygens (including phenoxy) is 1. The monoisotopic (exact) mass is 340 g/mol. The van der Waals surface area contributed by atoms with E-state index in [4.69, 9.17) is 4.74 Å². The lowest BCUT2D eigenvalue weighted by Gasteiger charge is -2.35. The summed E-state index contributed by atoms with van der Waals surface area (Å²) in [6.45, 7) is 6.56. The summed E-state index contributed by atoms with van der Waals surface area (Å²) in [6, 6.07) is 5.55. The van der Waals surface area contributed by atoms with Crippen molar-refractivity contribution in [1.29, 1.82) is 0 Å². The highest BCUT2D eigenvalue weighted by Crippen LogP contribution is 2.38. The van der Waals surface area contributed by atoms with Gasteiger partial charge in [0, 0.05) is 28.9 Å². The maximum Gasteiger partial charge on any atom is 0.410 e. The second-order valence-electron chi connectivity index (χ2n) is 7.36. The van der Waals surface area contributed by atoms with E-state index in [1.165, 1.54) is 0 Å². The third-order valence-electron chi connectivity index (χ3n) is 4.38. The van der Waals surface area contributed by atoms with Crippen LogP contribution in [0.5, 0.6) is 0 Å². The van der Waals surface area contributed by atoms with Crippen LogP contribution in [-0.2, 0) is 4.74 Å². The summed E-state index contributed by atoms with van der Waals surface area (Å²) in [5.74, 6) is 0. The minimum Gasteiger partial charge on any atom is -0.444 e. The van der Waals surface area contributed by atoms with Gasteiger partial charge in [0.1, 0.15) is 5.60 Å². The molecule has 2 N–H and O–H groups in total. The summed E-state index contributed by atoms with van der Waals surface area (Å²) < 4.78 is 5.47. The zero-order chi connectivity index (χ0) is 17.8. The van der Waals surface area contributed by atoms with Gasteiger partial charge in [0.05, 0.1) is 17.6 Å². The van der Waals surface area contributed by atoms with E-state index in [1.807, 2.05) is 32.9 Å². The number of rotatable bonds is 0. The summed E-state index contributed by atoms with van der Waals surface area (Å²) in [6.07, 6.45) is 0.337. The molecule has 0 spiro atoms. The summed E-state index contributed by atoms with van der Waals surface area (Å²) in [5, 5.41) is 11.7. The SMILES string of the molecule is CC(C)(C)OC(=O)N1CCC2=C(C1)Nc1cccc3c(=O)[nH]nc2c13. The van der Waals surface area contributed by atoms with E-state index in [1.54, 1.807) is 11.0 Å². The zero-order valence-corrected chi connectivity index (χ0v) is 14.5. The van der Waals surface area contributed by atoms with Gasteiger partial charge in [-0.05, 0) is 39.3 Å². The molecule has 1 aromatic carbocycles. The Kier molecular flexibility index (Phi) is 3.35. The van der Waals surface area contributed by atoms with Crippen molar-refractivity contribution in [3.63, 3.8) is 0 Å². The normalized spacial score (nSPS) is 16.5. The molecule has 3 heterocycles. The number of hydrogen-bond acceptors (Lipinski definition) is 5. The number of carbonyl (C=O) groups is 1. The average Bonchev–Trinajstić information content (AvgIpc) is 2.55. The lowest BCUT2D eigenvalue weighted by atomic mass is 9.93. The number of H-pyrrole nitrogens is 1. The second kappa shape index (κ2) is 5.34. The van der Waals surface area contributed by atoms with Crippen molar-refractivity contribution in [2.75, 3.05) is 18.4 Å². The quantitative estimate of drug-likeness (QED) is 0.770. The van der Waals surface area contributed by atoms with Crippen molar-refractivity contribution in [2.45, 2.75) is 32.8 Å². The first-order valence-corrected chi connectivity index (χ1v) is 8.32. The molecule has 1 aromatic heterocycles. The van der Waals surface area contributed by atoms with E-state index in [9.17, 15) is 9.59 Å². The Morgan fingerprint density at radius 2 is 2.12 bits per heavy atom. The largest absolute Gasteiger partial charge is 0.444 e. The highest BCUT2D eigenvalue weighted by atomic mass is 16.6. The average molecular weight is 340 g/mol. The van der Waals surface area contributed by atoms with Gasteiger partial charge in [-0.15, -0.1) is 0 Å². The Bertz CT molecular complexity index is 968. The molecule has 130 valence electrons. The van der Waals surface area contributed by atoms with Crippen LogP contribution in [0, 0.1) is 0 Å². The third-order valence-corrected chi connectivity index (χ3v) is 4.38. The molecule has 2 aliphatic rings. The van der Waals surface area contributed by atoms with Crippen LogP contribution in [0.15, 0.2) is 28.7 Å². The number of fused-ring (bicyclic) bond motifs is 1. The molecule has 4 rings (SSSR count). The van der Waals surface area contributed by atoms with Crippen LogP contribution in [0.25, 0.3) is 16.3 Å². The van der Waals surface area contributed by atoms with Crippen LogP contribution in [0.2, 0.25) is 0 Å². The lowest BCUT2D eigenvalue weighted by Crippen LogP contribution is -2.42. The Labute approximate surface area is 144 Å². The topological polar surface area (TPSA) is 87.3 Å². The Hall–Kier alpha value is -2.83. The van der Waals surface area contributed by atoms with E-state index in [0.717, 1.165) is 28.0 Å². The minimum atomic E-state index is -0.523. The maximum atomic E-state index is 12.4. The molecule has 0 atom stereocenters. The molecule has 0 radical (unpaired) electrons. The molecule has 2 aromatic rings. The molecule has 0 saturated carbocycles. The molecule has 0 unspecified atom stereocenters. The van der Waals surface area contributed by atoms with Crippen LogP contribution in [0.1, 0.15) is 32.9 Å². The molecule has 7 nitrogen and oxygen atoms in total. The third kappa shape index (κ3) is 2.65. The van der Waals surface area contributed by atoms with Gasteiger partial charge in [-0.2, -0.15) is 5.10 Å². The fraction of sp³-hybridized carbons (Fsp3) is 0.389. The predicted octanol–water partition coefficient (Wildman–Crippen LogP) is 2.70. The molecule has 7 heteroatoms. The molecular weight excluding hydrogens is 320 g/mol. The van der Waals surface area contributed by atoms with E-state index in [0.29, 0.717) is 24.9 Å². The number of benzene rings is 1. The molecule has 0 saturated heterocycles. The van der Waals surface area contributed by atoms with Gasteiger partial charge < -0.3 is 15.0 Å². The van der Waals surface area contributed by atoms with E-state index >= 15 is 0 Å². The summed E-state index contributed by atoms with van der Waals surface area (Å²) >= 11 is 0. The van der Waals surface area contributed by atoms with Gasteiger partial charge in [-0.25, -0.2) is 9.89 Å². The fourth-order valence-electron chi connectivity index (χ4n) is 3.33. The number of aromatic nitrogens is 2. The van der Waals surface area contributed by atoms with E-state index in [-0.39, 0.29) is 11.7 Å². The number of hydrogen-bond donors (Lipinski definition) is 2. The summed E-state index contributed by atoms with van der Waals surface area (Å²) in [5.41, 5.74) is 2.89. The predicted molar refractivity (Wildman–Crippen MR) is 95.3 cm³/mol. The molecule has 1 amide bonds. The molecule has 0 aliphatic carbocycles. The van der Waals surface area contributed by atoms with Crippen LogP contribution in [-0.4, -0.2) is 39.9 Å². The highest BCUT2D eigenvalue weighted by Gasteiger charge is 2.31. The van der Waals surface area contributed by atoms with Crippen molar-refractivity contribution >= 4 is 28.1 Å². The summed E-state index contributed by atoms with van der Waals surface area (Å²) in [7, 11) is 0. The van der Waals surface area contributed by atoms with Gasteiger partial charge in [0.25, 0.3) is 5.56 Å². The number of anilines is 1. The van der Waals surface area contributed by atoms with E-state index < -0.39 is 5.60 Å².